The number of benzene rings is 1. The number of amides is 1. The van der Waals surface area contributed by atoms with E-state index >= 15 is 0 Å². The third kappa shape index (κ3) is 3.07. The molecule has 0 bridgehead atoms. The number of nitrogens with one attached hydrogen (secondary N) is 1. The fourth-order valence-corrected chi connectivity index (χ4v) is 5.84. The van der Waals surface area contributed by atoms with Crippen LogP contribution < -0.4 is 9.62 Å². The second-order valence-electron chi connectivity index (χ2n) is 6.68. The monoisotopic (exact) mass is 391 g/mol. The van der Waals surface area contributed by atoms with Crippen LogP contribution in [-0.2, 0) is 21.4 Å². The van der Waals surface area contributed by atoms with Crippen molar-refractivity contribution in [1.82, 2.24) is 9.03 Å². The van der Waals surface area contributed by atoms with Crippen LogP contribution in [0.2, 0.25) is 0 Å². The van der Waals surface area contributed by atoms with Crippen molar-refractivity contribution in [2.24, 2.45) is 0 Å². The Balaban J connectivity index is 1.66. The van der Waals surface area contributed by atoms with Crippen molar-refractivity contribution < 1.29 is 13.2 Å². The lowest BCUT2D eigenvalue weighted by Gasteiger charge is -2.39. The number of fused-ring (bicyclic) bond motifs is 1. The molecule has 4 rings (SSSR count). The molecule has 26 heavy (non-hydrogen) atoms. The SMILES string of the molecule is CN1[C@H](C(=O)N2CCCc3ccccc32)C[C@@H](c2cccs2)NS1(=O)=O. The van der Waals surface area contributed by atoms with Crippen LogP contribution in [0.5, 0.6) is 0 Å². The lowest BCUT2D eigenvalue weighted by molar-refractivity contribution is -0.122. The number of nitrogens with zero attached hydrogens (tertiary/aromatic N) is 2. The van der Waals surface area contributed by atoms with Gasteiger partial charge in [0.1, 0.15) is 6.04 Å². The Kier molecular flexibility index (Phi) is 4.60. The number of rotatable bonds is 2. The number of anilines is 1. The maximum absolute atomic E-state index is 13.3. The van der Waals surface area contributed by atoms with Gasteiger partial charge in [0.25, 0.3) is 10.2 Å². The number of likely N-dealkylation sites (N-methyl/N-ethyl adjacent to an activating group) is 1. The molecule has 2 aliphatic heterocycles. The van der Waals surface area contributed by atoms with Gasteiger partial charge in [0, 0.05) is 24.2 Å². The molecule has 138 valence electrons. The highest BCUT2D eigenvalue weighted by Gasteiger charge is 2.43. The van der Waals surface area contributed by atoms with E-state index in [4.69, 9.17) is 0 Å². The Labute approximate surface area is 157 Å². The van der Waals surface area contributed by atoms with Crippen molar-refractivity contribution in [3.05, 3.63) is 52.2 Å². The number of carbonyl (C=O) groups is 1. The van der Waals surface area contributed by atoms with Crippen LogP contribution in [-0.4, -0.2) is 38.3 Å². The van der Waals surface area contributed by atoms with E-state index in [1.165, 1.54) is 22.7 Å². The summed E-state index contributed by atoms with van der Waals surface area (Å²) >= 11 is 1.50. The van der Waals surface area contributed by atoms with Gasteiger partial charge >= 0.3 is 0 Å². The number of thiophene rings is 1. The summed E-state index contributed by atoms with van der Waals surface area (Å²) in [5.41, 5.74) is 2.04. The summed E-state index contributed by atoms with van der Waals surface area (Å²) in [6, 6.07) is 10.6. The highest BCUT2D eigenvalue weighted by molar-refractivity contribution is 7.87. The van der Waals surface area contributed by atoms with Gasteiger partial charge in [-0.15, -0.1) is 11.3 Å². The summed E-state index contributed by atoms with van der Waals surface area (Å²) in [5, 5.41) is 1.92. The largest absolute Gasteiger partial charge is 0.311 e. The summed E-state index contributed by atoms with van der Waals surface area (Å²) in [4.78, 5) is 16.0. The summed E-state index contributed by atoms with van der Waals surface area (Å²) in [6.45, 7) is 0.622. The highest BCUT2D eigenvalue weighted by Crippen LogP contribution is 2.33. The third-order valence-corrected chi connectivity index (χ3v) is 7.70. The minimum atomic E-state index is -3.70. The molecule has 0 spiro atoms. The molecular weight excluding hydrogens is 370 g/mol. The molecule has 3 heterocycles. The van der Waals surface area contributed by atoms with Crippen LogP contribution >= 0.6 is 11.3 Å². The summed E-state index contributed by atoms with van der Waals surface area (Å²) in [6.07, 6.45) is 2.25. The standard InChI is InChI=1S/C18H21N3O3S2/c1-20-16(12-14(19-26(20,23)24)17-9-5-11-25-17)18(22)21-10-4-7-13-6-2-3-8-15(13)21/h2-3,5-6,8-9,11,14,16,19H,4,7,10,12H2,1H3/t14-,16-/m0/s1. The molecular formula is C18H21N3O3S2. The van der Waals surface area contributed by atoms with Gasteiger partial charge in [-0.2, -0.15) is 17.4 Å². The van der Waals surface area contributed by atoms with E-state index in [-0.39, 0.29) is 11.9 Å². The lowest BCUT2D eigenvalue weighted by atomic mass is 9.99. The minimum Gasteiger partial charge on any atom is -0.311 e. The van der Waals surface area contributed by atoms with Crippen LogP contribution in [0.4, 0.5) is 5.69 Å². The molecule has 0 unspecified atom stereocenters. The molecule has 0 aliphatic carbocycles. The molecule has 2 aliphatic rings. The van der Waals surface area contributed by atoms with Crippen molar-refractivity contribution in [2.45, 2.75) is 31.3 Å². The number of para-hydroxylation sites is 1. The molecule has 1 saturated heterocycles. The summed E-state index contributed by atoms with van der Waals surface area (Å²) in [7, 11) is -2.23. The van der Waals surface area contributed by atoms with Gasteiger partial charge in [0.2, 0.25) is 5.91 Å². The number of aryl methyl sites for hydroxylation is 1. The van der Waals surface area contributed by atoms with Gasteiger partial charge in [0.15, 0.2) is 0 Å². The first kappa shape index (κ1) is 17.7. The van der Waals surface area contributed by atoms with Gasteiger partial charge < -0.3 is 4.90 Å². The van der Waals surface area contributed by atoms with E-state index in [0.717, 1.165) is 29.0 Å². The molecule has 6 nitrogen and oxygen atoms in total. The van der Waals surface area contributed by atoms with Gasteiger partial charge in [-0.1, -0.05) is 24.3 Å². The normalized spacial score (nSPS) is 25.7. The molecule has 0 radical (unpaired) electrons. The zero-order valence-electron chi connectivity index (χ0n) is 14.5. The van der Waals surface area contributed by atoms with E-state index in [1.807, 2.05) is 41.8 Å². The van der Waals surface area contributed by atoms with Crippen LogP contribution in [0.1, 0.15) is 29.3 Å². The van der Waals surface area contributed by atoms with E-state index in [2.05, 4.69) is 4.72 Å². The Morgan fingerprint density at radius 2 is 2.04 bits per heavy atom. The van der Waals surface area contributed by atoms with Crippen LogP contribution in [0.25, 0.3) is 0 Å². The van der Waals surface area contributed by atoms with Crippen LogP contribution in [0, 0.1) is 0 Å². The first-order chi connectivity index (χ1) is 12.5. The van der Waals surface area contributed by atoms with Crippen molar-refractivity contribution in [3.8, 4) is 0 Å². The number of hydrogen-bond acceptors (Lipinski definition) is 4. The smallest absolute Gasteiger partial charge is 0.280 e. The first-order valence-electron chi connectivity index (χ1n) is 8.65. The molecule has 0 saturated carbocycles. The maximum atomic E-state index is 13.3. The van der Waals surface area contributed by atoms with E-state index in [9.17, 15) is 13.2 Å². The van der Waals surface area contributed by atoms with Crippen molar-refractivity contribution in [3.63, 3.8) is 0 Å². The Hall–Kier alpha value is -1.74. The quantitative estimate of drug-likeness (QED) is 0.854. The zero-order valence-corrected chi connectivity index (χ0v) is 16.1. The third-order valence-electron chi connectivity index (χ3n) is 5.12. The molecule has 1 aromatic heterocycles. The van der Waals surface area contributed by atoms with Crippen molar-refractivity contribution >= 4 is 33.1 Å². The second kappa shape index (κ2) is 6.77. The number of hydrogen-bond donors (Lipinski definition) is 1. The summed E-state index contributed by atoms with van der Waals surface area (Å²) in [5.74, 6) is -0.147. The molecule has 1 amide bonds. The Bertz CT molecular complexity index is 912. The van der Waals surface area contributed by atoms with Crippen molar-refractivity contribution in [1.29, 1.82) is 0 Å². The van der Waals surface area contributed by atoms with E-state index in [0.29, 0.717) is 13.0 Å². The van der Waals surface area contributed by atoms with Crippen molar-refractivity contribution in [2.75, 3.05) is 18.5 Å². The topological polar surface area (TPSA) is 69.7 Å². The minimum absolute atomic E-state index is 0.147. The summed E-state index contributed by atoms with van der Waals surface area (Å²) < 4.78 is 29.0. The second-order valence-corrected chi connectivity index (χ2v) is 9.42. The molecule has 1 aromatic carbocycles. The number of carbonyl (C=O) groups excluding carboxylic acids is 1. The maximum Gasteiger partial charge on any atom is 0.280 e. The predicted octanol–water partition coefficient (Wildman–Crippen LogP) is 2.31. The van der Waals surface area contributed by atoms with Crippen LogP contribution in [0.15, 0.2) is 41.8 Å². The fourth-order valence-electron chi connectivity index (χ4n) is 3.71. The molecule has 2 aromatic rings. The van der Waals surface area contributed by atoms with Gasteiger partial charge in [0.05, 0.1) is 6.04 Å². The fraction of sp³-hybridized carbons (Fsp3) is 0.389. The Morgan fingerprint density at radius 3 is 2.81 bits per heavy atom. The molecule has 2 atom stereocenters. The molecule has 1 N–H and O–H groups in total. The van der Waals surface area contributed by atoms with E-state index in [1.54, 1.807) is 4.90 Å². The van der Waals surface area contributed by atoms with E-state index < -0.39 is 16.3 Å². The predicted molar refractivity (Wildman–Crippen MR) is 102 cm³/mol. The molecule has 8 heteroatoms. The highest BCUT2D eigenvalue weighted by atomic mass is 32.2. The lowest BCUT2D eigenvalue weighted by Crippen LogP contribution is -2.58. The van der Waals surface area contributed by atoms with Crippen LogP contribution in [0.3, 0.4) is 0 Å². The van der Waals surface area contributed by atoms with Gasteiger partial charge in [-0.3, -0.25) is 4.79 Å². The van der Waals surface area contributed by atoms with Gasteiger partial charge in [-0.05, 0) is 42.3 Å². The van der Waals surface area contributed by atoms with Gasteiger partial charge in [-0.25, -0.2) is 0 Å². The first-order valence-corrected chi connectivity index (χ1v) is 11.0. The average Bonchev–Trinajstić information content (AvgIpc) is 3.17. The Morgan fingerprint density at radius 1 is 1.23 bits per heavy atom. The zero-order chi connectivity index (χ0) is 18.3. The average molecular weight is 392 g/mol. The molecule has 1 fully saturated rings.